The maximum atomic E-state index is 11.4. The third kappa shape index (κ3) is 3.47. The maximum absolute atomic E-state index is 11.4. The highest BCUT2D eigenvalue weighted by molar-refractivity contribution is 5.87. The molecule has 1 N–H and O–H groups in total. The lowest BCUT2D eigenvalue weighted by atomic mass is 10.3. The van der Waals surface area contributed by atoms with Crippen molar-refractivity contribution in [3.8, 4) is 0 Å². The molecule has 1 aliphatic rings. The Kier molecular flexibility index (Phi) is 4.62. The first-order valence-electron chi connectivity index (χ1n) is 4.94. The number of likely N-dealkylation sites (N-methyl/N-ethyl adjacent to an activating group) is 1. The Balaban J connectivity index is 2.31. The van der Waals surface area contributed by atoms with E-state index >= 15 is 0 Å². The molecule has 0 bridgehead atoms. The van der Waals surface area contributed by atoms with Crippen LogP contribution in [0.15, 0.2) is 12.2 Å². The second-order valence-electron chi connectivity index (χ2n) is 3.42. The summed E-state index contributed by atoms with van der Waals surface area (Å²) in [6.45, 7) is 4.95. The molecule has 1 amide bonds. The van der Waals surface area contributed by atoms with Gasteiger partial charge in [0.2, 0.25) is 5.91 Å². The van der Waals surface area contributed by atoms with Gasteiger partial charge in [-0.25, -0.2) is 0 Å². The average molecular weight is 198 g/mol. The van der Waals surface area contributed by atoms with Crippen LogP contribution in [0.5, 0.6) is 0 Å². The summed E-state index contributed by atoms with van der Waals surface area (Å²) in [5.74, 6) is 0.0293. The molecule has 0 saturated carbocycles. The van der Waals surface area contributed by atoms with Gasteiger partial charge in [0.1, 0.15) is 0 Å². The zero-order valence-corrected chi connectivity index (χ0v) is 8.82. The second-order valence-corrected chi connectivity index (χ2v) is 3.42. The Morgan fingerprint density at radius 1 is 1.71 bits per heavy atom. The number of morpholine rings is 1. The van der Waals surface area contributed by atoms with Gasteiger partial charge >= 0.3 is 0 Å². The molecular weight excluding hydrogens is 180 g/mol. The zero-order valence-electron chi connectivity index (χ0n) is 8.82. The van der Waals surface area contributed by atoms with E-state index in [0.717, 1.165) is 19.7 Å². The van der Waals surface area contributed by atoms with Crippen LogP contribution in [0.25, 0.3) is 0 Å². The molecule has 1 rings (SSSR count). The average Bonchev–Trinajstić information content (AvgIpc) is 2.19. The van der Waals surface area contributed by atoms with E-state index in [2.05, 4.69) is 5.32 Å². The number of nitrogens with zero attached hydrogens (tertiary/aromatic N) is 1. The number of hydrogen-bond acceptors (Lipinski definition) is 3. The van der Waals surface area contributed by atoms with E-state index in [1.807, 2.05) is 6.92 Å². The smallest absolute Gasteiger partial charge is 0.246 e. The molecule has 0 aliphatic carbocycles. The lowest BCUT2D eigenvalue weighted by Gasteiger charge is -2.27. The molecule has 0 aromatic heterocycles. The van der Waals surface area contributed by atoms with Crippen molar-refractivity contribution in [1.82, 2.24) is 10.2 Å². The molecule has 0 aromatic carbocycles. The van der Waals surface area contributed by atoms with Gasteiger partial charge in [0.05, 0.1) is 12.7 Å². The van der Waals surface area contributed by atoms with Crippen molar-refractivity contribution in [3.63, 3.8) is 0 Å². The summed E-state index contributed by atoms with van der Waals surface area (Å²) >= 11 is 0. The van der Waals surface area contributed by atoms with Crippen LogP contribution in [0, 0.1) is 0 Å². The summed E-state index contributed by atoms with van der Waals surface area (Å²) in [6.07, 6.45) is 3.44. The SMILES string of the molecule is C/C=C/C(=O)N(C)CC1CNCCO1. The third-order valence-electron chi connectivity index (χ3n) is 2.17. The molecule has 1 aliphatic heterocycles. The van der Waals surface area contributed by atoms with E-state index in [-0.39, 0.29) is 12.0 Å². The van der Waals surface area contributed by atoms with Gasteiger partial charge in [0.15, 0.2) is 0 Å². The van der Waals surface area contributed by atoms with Crippen LogP contribution in [0.4, 0.5) is 0 Å². The number of carbonyl (C=O) groups excluding carboxylic acids is 1. The fraction of sp³-hybridized carbons (Fsp3) is 0.700. The first-order valence-corrected chi connectivity index (χ1v) is 4.94. The van der Waals surface area contributed by atoms with Gasteiger partial charge in [-0.3, -0.25) is 4.79 Å². The van der Waals surface area contributed by atoms with E-state index < -0.39 is 0 Å². The quantitative estimate of drug-likeness (QED) is 0.649. The molecule has 0 spiro atoms. The van der Waals surface area contributed by atoms with Gasteiger partial charge < -0.3 is 15.0 Å². The largest absolute Gasteiger partial charge is 0.374 e. The molecule has 0 radical (unpaired) electrons. The normalized spacial score (nSPS) is 22.6. The number of allylic oxidation sites excluding steroid dienone is 1. The Labute approximate surface area is 84.9 Å². The predicted molar refractivity (Wildman–Crippen MR) is 55.1 cm³/mol. The topological polar surface area (TPSA) is 41.6 Å². The number of carbonyl (C=O) groups is 1. The van der Waals surface area contributed by atoms with Crippen LogP contribution in [-0.2, 0) is 9.53 Å². The monoisotopic (exact) mass is 198 g/mol. The van der Waals surface area contributed by atoms with Crippen LogP contribution in [0.2, 0.25) is 0 Å². The molecule has 14 heavy (non-hydrogen) atoms. The number of ether oxygens (including phenoxy) is 1. The molecule has 1 saturated heterocycles. The highest BCUT2D eigenvalue weighted by Gasteiger charge is 2.16. The van der Waals surface area contributed by atoms with E-state index in [4.69, 9.17) is 4.74 Å². The molecule has 80 valence electrons. The fourth-order valence-corrected chi connectivity index (χ4v) is 1.40. The number of amides is 1. The number of hydrogen-bond donors (Lipinski definition) is 1. The first kappa shape index (κ1) is 11.2. The molecule has 4 nitrogen and oxygen atoms in total. The van der Waals surface area contributed by atoms with E-state index in [0.29, 0.717) is 6.54 Å². The van der Waals surface area contributed by atoms with Crippen LogP contribution in [-0.4, -0.2) is 50.2 Å². The maximum Gasteiger partial charge on any atom is 0.246 e. The molecule has 1 atom stereocenters. The van der Waals surface area contributed by atoms with Crippen LogP contribution < -0.4 is 5.32 Å². The van der Waals surface area contributed by atoms with E-state index in [9.17, 15) is 4.79 Å². The van der Waals surface area contributed by atoms with Crippen molar-refractivity contribution < 1.29 is 9.53 Å². The Morgan fingerprint density at radius 2 is 2.50 bits per heavy atom. The Morgan fingerprint density at radius 3 is 3.07 bits per heavy atom. The van der Waals surface area contributed by atoms with Gasteiger partial charge in [-0.1, -0.05) is 6.08 Å². The summed E-state index contributed by atoms with van der Waals surface area (Å²) in [7, 11) is 1.79. The van der Waals surface area contributed by atoms with Crippen molar-refractivity contribution in [2.24, 2.45) is 0 Å². The van der Waals surface area contributed by atoms with Crippen molar-refractivity contribution in [3.05, 3.63) is 12.2 Å². The molecule has 1 heterocycles. The standard InChI is InChI=1S/C10H18N2O2/c1-3-4-10(13)12(2)8-9-7-11-5-6-14-9/h3-4,9,11H,5-8H2,1-2H3/b4-3+. The van der Waals surface area contributed by atoms with Crippen LogP contribution in [0.3, 0.4) is 0 Å². The molecule has 1 unspecified atom stereocenters. The molecule has 0 aromatic rings. The van der Waals surface area contributed by atoms with Crippen molar-refractivity contribution in [2.75, 3.05) is 33.3 Å². The van der Waals surface area contributed by atoms with Gasteiger partial charge in [-0.15, -0.1) is 0 Å². The molecule has 4 heteroatoms. The van der Waals surface area contributed by atoms with Gasteiger partial charge in [0.25, 0.3) is 0 Å². The summed E-state index contributed by atoms with van der Waals surface area (Å²) in [5, 5.41) is 3.23. The van der Waals surface area contributed by atoms with Crippen LogP contribution in [0.1, 0.15) is 6.92 Å². The second kappa shape index (κ2) is 5.78. The first-order chi connectivity index (χ1) is 6.74. The summed E-state index contributed by atoms with van der Waals surface area (Å²) in [5.41, 5.74) is 0. The van der Waals surface area contributed by atoms with E-state index in [1.165, 1.54) is 0 Å². The minimum Gasteiger partial charge on any atom is -0.374 e. The lowest BCUT2D eigenvalue weighted by molar-refractivity contribution is -0.126. The number of nitrogens with one attached hydrogen (secondary N) is 1. The summed E-state index contributed by atoms with van der Waals surface area (Å²) in [6, 6.07) is 0. The minimum atomic E-state index is 0.0293. The van der Waals surface area contributed by atoms with Crippen LogP contribution >= 0.6 is 0 Å². The van der Waals surface area contributed by atoms with Crippen molar-refractivity contribution >= 4 is 5.91 Å². The fourth-order valence-electron chi connectivity index (χ4n) is 1.40. The molecular formula is C10H18N2O2. The lowest BCUT2D eigenvalue weighted by Crippen LogP contribution is -2.45. The third-order valence-corrected chi connectivity index (χ3v) is 2.17. The highest BCUT2D eigenvalue weighted by Crippen LogP contribution is 1.99. The highest BCUT2D eigenvalue weighted by atomic mass is 16.5. The van der Waals surface area contributed by atoms with E-state index in [1.54, 1.807) is 24.1 Å². The summed E-state index contributed by atoms with van der Waals surface area (Å²) in [4.78, 5) is 13.1. The van der Waals surface area contributed by atoms with Crippen molar-refractivity contribution in [2.45, 2.75) is 13.0 Å². The molecule has 1 fully saturated rings. The van der Waals surface area contributed by atoms with Gasteiger partial charge in [-0.05, 0) is 13.0 Å². The summed E-state index contributed by atoms with van der Waals surface area (Å²) < 4.78 is 5.50. The Hall–Kier alpha value is -0.870. The minimum absolute atomic E-state index is 0.0293. The van der Waals surface area contributed by atoms with Crippen molar-refractivity contribution in [1.29, 1.82) is 0 Å². The predicted octanol–water partition coefficient (Wildman–Crippen LogP) is 0.00930. The van der Waals surface area contributed by atoms with Gasteiger partial charge in [-0.2, -0.15) is 0 Å². The van der Waals surface area contributed by atoms with Gasteiger partial charge in [0, 0.05) is 26.7 Å². The zero-order chi connectivity index (χ0) is 10.4. The Bertz CT molecular complexity index is 210. The number of rotatable bonds is 3.